The van der Waals surface area contributed by atoms with Crippen LogP contribution in [-0.2, 0) is 6.54 Å². The Bertz CT molecular complexity index is 977. The van der Waals surface area contributed by atoms with Gasteiger partial charge in [-0.25, -0.2) is 9.40 Å². The van der Waals surface area contributed by atoms with Crippen molar-refractivity contribution in [3.63, 3.8) is 0 Å². The van der Waals surface area contributed by atoms with Crippen LogP contribution in [0.5, 0.6) is 0 Å². The van der Waals surface area contributed by atoms with Gasteiger partial charge in [-0.2, -0.15) is 5.26 Å². The van der Waals surface area contributed by atoms with E-state index in [1.165, 1.54) is 6.07 Å². The molecular weight excluding hydrogens is 325 g/mol. The molecule has 0 spiro atoms. The normalized spacial score (nSPS) is 15.2. The predicted octanol–water partition coefficient (Wildman–Crippen LogP) is 4.87. The minimum Gasteiger partial charge on any atom is -0.305 e. The van der Waals surface area contributed by atoms with Crippen molar-refractivity contribution >= 4 is 16.5 Å². The van der Waals surface area contributed by atoms with Crippen molar-refractivity contribution in [1.29, 1.82) is 5.26 Å². The molecule has 0 N–H and O–H groups in total. The Labute approximate surface area is 152 Å². The zero-order valence-electron chi connectivity index (χ0n) is 14.5. The van der Waals surface area contributed by atoms with Crippen LogP contribution in [0, 0.1) is 17.1 Å². The number of hydrazine groups is 1. The monoisotopic (exact) mass is 345 g/mol. The minimum atomic E-state index is -0.164. The molecule has 0 atom stereocenters. The summed E-state index contributed by atoms with van der Waals surface area (Å²) in [5, 5.41) is 15.9. The number of rotatable bonds is 3. The summed E-state index contributed by atoms with van der Waals surface area (Å²) < 4.78 is 14.1. The number of fused-ring (bicyclic) bond motifs is 1. The van der Waals surface area contributed by atoms with E-state index in [0.717, 1.165) is 42.4 Å². The fourth-order valence-electron chi connectivity index (χ4n) is 3.68. The molecule has 130 valence electrons. The molecular formula is C22H20FN3. The van der Waals surface area contributed by atoms with Crippen molar-refractivity contribution in [3.8, 4) is 6.07 Å². The van der Waals surface area contributed by atoms with Crippen LogP contribution in [0.1, 0.15) is 24.0 Å². The van der Waals surface area contributed by atoms with Gasteiger partial charge in [0, 0.05) is 36.0 Å². The Balaban J connectivity index is 1.75. The van der Waals surface area contributed by atoms with E-state index < -0.39 is 0 Å². The van der Waals surface area contributed by atoms with Gasteiger partial charge in [0.2, 0.25) is 0 Å². The number of nitriles is 1. The predicted molar refractivity (Wildman–Crippen MR) is 102 cm³/mol. The molecule has 0 aromatic heterocycles. The lowest BCUT2D eigenvalue weighted by Crippen LogP contribution is -2.47. The van der Waals surface area contributed by atoms with Crippen LogP contribution in [0.3, 0.4) is 0 Å². The average Bonchev–Trinajstić information content (AvgIpc) is 2.69. The molecule has 0 aliphatic carbocycles. The minimum absolute atomic E-state index is 0.164. The molecule has 0 bridgehead atoms. The largest absolute Gasteiger partial charge is 0.305 e. The number of halogens is 1. The van der Waals surface area contributed by atoms with Crippen LogP contribution in [0.4, 0.5) is 10.1 Å². The van der Waals surface area contributed by atoms with Crippen LogP contribution >= 0.6 is 0 Å². The van der Waals surface area contributed by atoms with E-state index in [-0.39, 0.29) is 5.82 Å². The van der Waals surface area contributed by atoms with Crippen LogP contribution < -0.4 is 5.01 Å². The maximum atomic E-state index is 14.1. The second kappa shape index (κ2) is 7.15. The third kappa shape index (κ3) is 3.02. The molecule has 0 unspecified atom stereocenters. The third-order valence-corrected chi connectivity index (χ3v) is 4.99. The van der Waals surface area contributed by atoms with E-state index in [4.69, 9.17) is 0 Å². The second-order valence-electron chi connectivity index (χ2n) is 6.60. The maximum Gasteiger partial charge on any atom is 0.127 e. The van der Waals surface area contributed by atoms with Crippen LogP contribution in [-0.4, -0.2) is 18.1 Å². The standard InChI is InChI=1S/C22H20FN3/c23-21-10-4-1-7-18(21)16-25-13-5-6-14-26(25)22-12-11-17(15-24)19-8-2-3-9-20(19)22/h1-4,7-12H,5-6,13-14,16H2. The van der Waals surface area contributed by atoms with Gasteiger partial charge in [-0.1, -0.05) is 42.5 Å². The van der Waals surface area contributed by atoms with E-state index in [2.05, 4.69) is 22.2 Å². The molecule has 0 radical (unpaired) electrons. The van der Waals surface area contributed by atoms with Gasteiger partial charge in [0.15, 0.2) is 0 Å². The van der Waals surface area contributed by atoms with E-state index >= 15 is 0 Å². The third-order valence-electron chi connectivity index (χ3n) is 4.99. The first kappa shape index (κ1) is 16.6. The highest BCUT2D eigenvalue weighted by molar-refractivity contribution is 5.97. The summed E-state index contributed by atoms with van der Waals surface area (Å²) in [7, 11) is 0. The van der Waals surface area contributed by atoms with Gasteiger partial charge >= 0.3 is 0 Å². The number of hydrogen-bond donors (Lipinski definition) is 0. The SMILES string of the molecule is N#Cc1ccc(N2CCCCN2Cc2ccccc2F)c2ccccc12. The summed E-state index contributed by atoms with van der Waals surface area (Å²) in [5.74, 6) is -0.164. The molecule has 0 amide bonds. The van der Waals surface area contributed by atoms with Gasteiger partial charge in [-0.3, -0.25) is 0 Å². The summed E-state index contributed by atoms with van der Waals surface area (Å²) in [6.45, 7) is 2.33. The number of hydrogen-bond acceptors (Lipinski definition) is 3. The van der Waals surface area contributed by atoms with Crippen molar-refractivity contribution in [2.45, 2.75) is 19.4 Å². The summed E-state index contributed by atoms with van der Waals surface area (Å²) in [6, 6.07) is 21.1. The molecule has 1 saturated heterocycles. The van der Waals surface area contributed by atoms with Gasteiger partial charge in [0.25, 0.3) is 0 Å². The van der Waals surface area contributed by atoms with Gasteiger partial charge in [-0.15, -0.1) is 0 Å². The van der Waals surface area contributed by atoms with Crippen LogP contribution in [0.15, 0.2) is 60.7 Å². The first-order valence-corrected chi connectivity index (χ1v) is 8.95. The molecule has 1 heterocycles. The lowest BCUT2D eigenvalue weighted by molar-refractivity contribution is 0.202. The Hall–Kier alpha value is -2.90. The summed E-state index contributed by atoms with van der Waals surface area (Å²) in [6.07, 6.45) is 2.20. The topological polar surface area (TPSA) is 30.3 Å². The Morgan fingerprint density at radius 3 is 2.42 bits per heavy atom. The lowest BCUT2D eigenvalue weighted by Gasteiger charge is -2.41. The molecule has 4 heteroatoms. The van der Waals surface area contributed by atoms with Crippen molar-refractivity contribution in [3.05, 3.63) is 77.6 Å². The van der Waals surface area contributed by atoms with Crippen molar-refractivity contribution < 1.29 is 4.39 Å². The Morgan fingerprint density at radius 1 is 0.885 bits per heavy atom. The Morgan fingerprint density at radius 2 is 1.62 bits per heavy atom. The smallest absolute Gasteiger partial charge is 0.127 e. The van der Waals surface area contributed by atoms with Crippen LogP contribution in [0.25, 0.3) is 10.8 Å². The first-order valence-electron chi connectivity index (χ1n) is 8.95. The summed E-state index contributed by atoms with van der Waals surface area (Å²) >= 11 is 0. The Kier molecular flexibility index (Phi) is 4.55. The quantitative estimate of drug-likeness (QED) is 0.678. The molecule has 0 saturated carbocycles. The summed E-state index contributed by atoms with van der Waals surface area (Å²) in [5.41, 5.74) is 2.47. The van der Waals surface area contributed by atoms with Crippen LogP contribution in [0.2, 0.25) is 0 Å². The van der Waals surface area contributed by atoms with Crippen molar-refractivity contribution in [2.24, 2.45) is 0 Å². The first-order chi connectivity index (χ1) is 12.8. The summed E-state index contributed by atoms with van der Waals surface area (Å²) in [4.78, 5) is 0. The lowest BCUT2D eigenvalue weighted by atomic mass is 10.0. The highest BCUT2D eigenvalue weighted by Gasteiger charge is 2.23. The van der Waals surface area contributed by atoms with Gasteiger partial charge in [-0.05, 0) is 31.0 Å². The highest BCUT2D eigenvalue weighted by atomic mass is 19.1. The number of anilines is 1. The number of benzene rings is 3. The van der Waals surface area contributed by atoms with E-state index in [1.54, 1.807) is 6.07 Å². The molecule has 3 aromatic carbocycles. The molecule has 3 nitrogen and oxygen atoms in total. The van der Waals surface area contributed by atoms with E-state index in [1.807, 2.05) is 42.5 Å². The molecule has 3 aromatic rings. The number of nitrogens with zero attached hydrogens (tertiary/aromatic N) is 3. The van der Waals surface area contributed by atoms with Gasteiger partial charge in [0.05, 0.1) is 17.3 Å². The molecule has 4 rings (SSSR count). The maximum absolute atomic E-state index is 14.1. The average molecular weight is 345 g/mol. The molecule has 1 aliphatic rings. The van der Waals surface area contributed by atoms with Crippen molar-refractivity contribution in [2.75, 3.05) is 18.1 Å². The fraction of sp³-hybridized carbons (Fsp3) is 0.227. The van der Waals surface area contributed by atoms with Crippen molar-refractivity contribution in [1.82, 2.24) is 5.01 Å². The second-order valence-corrected chi connectivity index (χ2v) is 6.60. The molecule has 1 aliphatic heterocycles. The van der Waals surface area contributed by atoms with Gasteiger partial charge < -0.3 is 5.01 Å². The fourth-order valence-corrected chi connectivity index (χ4v) is 3.68. The molecule has 26 heavy (non-hydrogen) atoms. The van der Waals surface area contributed by atoms with E-state index in [9.17, 15) is 9.65 Å². The zero-order chi connectivity index (χ0) is 17.9. The van der Waals surface area contributed by atoms with E-state index in [0.29, 0.717) is 17.7 Å². The molecule has 1 fully saturated rings. The highest BCUT2D eigenvalue weighted by Crippen LogP contribution is 2.32. The zero-order valence-corrected chi connectivity index (χ0v) is 14.5. The van der Waals surface area contributed by atoms with Gasteiger partial charge in [0.1, 0.15) is 5.82 Å².